The highest BCUT2D eigenvalue weighted by molar-refractivity contribution is 9.10. The first kappa shape index (κ1) is 13.3. The monoisotopic (exact) mass is 290 g/mol. The van der Waals surface area contributed by atoms with Gasteiger partial charge in [-0.3, -0.25) is 0 Å². The van der Waals surface area contributed by atoms with Gasteiger partial charge in [0.15, 0.2) is 11.5 Å². The number of hydrogen-bond acceptors (Lipinski definition) is 4. The Labute approximate surface area is 103 Å². The zero-order chi connectivity index (χ0) is 12.1. The highest BCUT2D eigenvalue weighted by atomic mass is 79.9. The van der Waals surface area contributed by atoms with Gasteiger partial charge in [0.2, 0.25) is 0 Å². The van der Waals surface area contributed by atoms with Gasteiger partial charge in [-0.2, -0.15) is 0 Å². The van der Waals surface area contributed by atoms with Crippen LogP contribution < -0.4 is 9.47 Å². The fourth-order valence-corrected chi connectivity index (χ4v) is 1.99. The van der Waals surface area contributed by atoms with Crippen molar-refractivity contribution < 1.29 is 19.7 Å². The van der Waals surface area contributed by atoms with E-state index >= 15 is 0 Å². The third-order valence-corrected chi connectivity index (χ3v) is 2.95. The molecule has 1 aromatic carbocycles. The second-order valence-electron chi connectivity index (χ2n) is 3.26. The van der Waals surface area contributed by atoms with Crippen LogP contribution in [-0.2, 0) is 0 Å². The van der Waals surface area contributed by atoms with Crippen LogP contribution in [0.4, 0.5) is 0 Å². The summed E-state index contributed by atoms with van der Waals surface area (Å²) in [7, 11) is 3.09. The number of methoxy groups -OCH3 is 2. The van der Waals surface area contributed by atoms with Crippen molar-refractivity contribution in [3.8, 4) is 11.5 Å². The molecule has 0 saturated heterocycles. The summed E-state index contributed by atoms with van der Waals surface area (Å²) in [5.74, 6) is 1.15. The van der Waals surface area contributed by atoms with E-state index in [1.807, 2.05) is 0 Å². The lowest BCUT2D eigenvalue weighted by atomic mass is 10.1. The van der Waals surface area contributed by atoms with Gasteiger partial charge in [-0.05, 0) is 17.7 Å². The van der Waals surface area contributed by atoms with Gasteiger partial charge in [0.25, 0.3) is 0 Å². The quantitative estimate of drug-likeness (QED) is 0.869. The second kappa shape index (κ2) is 6.08. The zero-order valence-corrected chi connectivity index (χ0v) is 10.8. The molecule has 5 heteroatoms. The van der Waals surface area contributed by atoms with Gasteiger partial charge >= 0.3 is 0 Å². The fourth-order valence-electron chi connectivity index (χ4n) is 1.40. The maximum Gasteiger partial charge on any atom is 0.161 e. The van der Waals surface area contributed by atoms with Crippen LogP contribution in [-0.4, -0.2) is 31.0 Å². The molecule has 1 atom stereocenters. The molecule has 0 aromatic heterocycles. The summed E-state index contributed by atoms with van der Waals surface area (Å²) in [6.45, 7) is -0.0675. The number of aliphatic hydroxyl groups is 2. The van der Waals surface area contributed by atoms with E-state index in [-0.39, 0.29) is 13.0 Å². The molecule has 0 amide bonds. The molecule has 0 bridgehead atoms. The van der Waals surface area contributed by atoms with Crippen molar-refractivity contribution in [1.29, 1.82) is 0 Å². The molecule has 1 aromatic rings. The summed E-state index contributed by atoms with van der Waals surface area (Å²) in [6, 6.07) is 3.43. The molecule has 0 saturated carbocycles. The number of rotatable bonds is 5. The first-order valence-corrected chi connectivity index (χ1v) is 5.63. The van der Waals surface area contributed by atoms with Gasteiger partial charge in [0.1, 0.15) is 0 Å². The normalized spacial score (nSPS) is 12.3. The standard InChI is InChI=1S/C11H15BrO4/c1-15-10-5-7(9(14)3-4-13)8(12)6-11(10)16-2/h5-6,9,13-14H,3-4H2,1-2H3/t9-/m0/s1. The van der Waals surface area contributed by atoms with E-state index in [0.717, 1.165) is 4.47 Å². The van der Waals surface area contributed by atoms with Gasteiger partial charge in [-0.25, -0.2) is 0 Å². The molecule has 0 aliphatic carbocycles. The van der Waals surface area contributed by atoms with Crippen LogP contribution in [0.25, 0.3) is 0 Å². The predicted molar refractivity (Wildman–Crippen MR) is 63.9 cm³/mol. The van der Waals surface area contributed by atoms with Crippen molar-refractivity contribution in [2.24, 2.45) is 0 Å². The van der Waals surface area contributed by atoms with Crippen molar-refractivity contribution in [1.82, 2.24) is 0 Å². The SMILES string of the molecule is COc1cc(Br)c([C@@H](O)CCO)cc1OC. The Balaban J connectivity index is 3.10. The fraction of sp³-hybridized carbons (Fsp3) is 0.455. The van der Waals surface area contributed by atoms with Crippen LogP contribution >= 0.6 is 15.9 Å². The molecule has 2 N–H and O–H groups in total. The molecular weight excluding hydrogens is 276 g/mol. The highest BCUT2D eigenvalue weighted by Gasteiger charge is 2.15. The maximum absolute atomic E-state index is 9.80. The molecular formula is C11H15BrO4. The van der Waals surface area contributed by atoms with Crippen molar-refractivity contribution in [3.05, 3.63) is 22.2 Å². The average molecular weight is 291 g/mol. The molecule has 16 heavy (non-hydrogen) atoms. The van der Waals surface area contributed by atoms with E-state index < -0.39 is 6.10 Å². The van der Waals surface area contributed by atoms with Gasteiger partial charge in [0, 0.05) is 17.5 Å². The summed E-state index contributed by atoms with van der Waals surface area (Å²) < 4.78 is 11.0. The lowest BCUT2D eigenvalue weighted by Crippen LogP contribution is -2.02. The van der Waals surface area contributed by atoms with Gasteiger partial charge in [0.05, 0.1) is 20.3 Å². The summed E-state index contributed by atoms with van der Waals surface area (Å²) >= 11 is 3.34. The Hall–Kier alpha value is -0.780. The Morgan fingerprint density at radius 2 is 1.81 bits per heavy atom. The molecule has 0 spiro atoms. The van der Waals surface area contributed by atoms with Gasteiger partial charge < -0.3 is 19.7 Å². The molecule has 4 nitrogen and oxygen atoms in total. The number of halogens is 1. The number of ether oxygens (including phenoxy) is 2. The van der Waals surface area contributed by atoms with Gasteiger partial charge in [-0.1, -0.05) is 15.9 Å². The van der Waals surface area contributed by atoms with E-state index in [1.165, 1.54) is 7.11 Å². The van der Waals surface area contributed by atoms with Crippen LogP contribution in [0.1, 0.15) is 18.1 Å². The summed E-state index contributed by atoms with van der Waals surface area (Å²) in [4.78, 5) is 0. The van der Waals surface area contributed by atoms with Crippen LogP contribution in [0, 0.1) is 0 Å². The summed E-state index contributed by atoms with van der Waals surface area (Å²) in [6.07, 6.45) is -0.437. The smallest absolute Gasteiger partial charge is 0.161 e. The van der Waals surface area contributed by atoms with E-state index in [0.29, 0.717) is 17.1 Å². The van der Waals surface area contributed by atoms with Crippen LogP contribution in [0.3, 0.4) is 0 Å². The number of benzene rings is 1. The summed E-state index contributed by atoms with van der Waals surface area (Å²) in [5, 5.41) is 18.6. The van der Waals surface area contributed by atoms with Crippen LogP contribution in [0.15, 0.2) is 16.6 Å². The van der Waals surface area contributed by atoms with E-state index in [1.54, 1.807) is 19.2 Å². The van der Waals surface area contributed by atoms with Crippen molar-refractivity contribution in [2.75, 3.05) is 20.8 Å². The molecule has 1 rings (SSSR count). The first-order chi connectivity index (χ1) is 7.63. The molecule has 0 aliphatic rings. The molecule has 0 aliphatic heterocycles. The number of aliphatic hydroxyl groups excluding tert-OH is 2. The topological polar surface area (TPSA) is 58.9 Å². The first-order valence-electron chi connectivity index (χ1n) is 4.84. The Morgan fingerprint density at radius 1 is 1.25 bits per heavy atom. The predicted octanol–water partition coefficient (Wildman–Crippen LogP) is 1.88. The molecule has 0 radical (unpaired) electrons. The Kier molecular flexibility index (Phi) is 5.05. The zero-order valence-electron chi connectivity index (χ0n) is 9.24. The van der Waals surface area contributed by atoms with E-state index in [9.17, 15) is 5.11 Å². The molecule has 0 unspecified atom stereocenters. The minimum atomic E-state index is -0.723. The largest absolute Gasteiger partial charge is 0.493 e. The highest BCUT2D eigenvalue weighted by Crippen LogP contribution is 2.36. The lowest BCUT2D eigenvalue weighted by Gasteiger charge is -2.15. The lowest BCUT2D eigenvalue weighted by molar-refractivity contribution is 0.133. The Bertz CT molecular complexity index is 354. The Morgan fingerprint density at radius 3 is 2.31 bits per heavy atom. The van der Waals surface area contributed by atoms with E-state index in [2.05, 4.69) is 15.9 Å². The van der Waals surface area contributed by atoms with Crippen molar-refractivity contribution >= 4 is 15.9 Å². The molecule has 0 heterocycles. The minimum Gasteiger partial charge on any atom is -0.493 e. The molecule has 90 valence electrons. The summed E-state index contributed by atoms with van der Waals surface area (Å²) in [5.41, 5.74) is 0.673. The minimum absolute atomic E-state index is 0.0675. The number of hydrogen-bond donors (Lipinski definition) is 2. The van der Waals surface area contributed by atoms with E-state index in [4.69, 9.17) is 14.6 Å². The maximum atomic E-state index is 9.80. The average Bonchev–Trinajstić information content (AvgIpc) is 2.28. The van der Waals surface area contributed by atoms with Crippen molar-refractivity contribution in [2.45, 2.75) is 12.5 Å². The van der Waals surface area contributed by atoms with Crippen molar-refractivity contribution in [3.63, 3.8) is 0 Å². The molecule has 0 fully saturated rings. The van der Waals surface area contributed by atoms with Gasteiger partial charge in [-0.15, -0.1) is 0 Å². The second-order valence-corrected chi connectivity index (χ2v) is 4.11. The van der Waals surface area contributed by atoms with Crippen LogP contribution in [0.5, 0.6) is 11.5 Å². The third kappa shape index (κ3) is 2.87. The third-order valence-electron chi connectivity index (χ3n) is 2.26. The van der Waals surface area contributed by atoms with Crippen LogP contribution in [0.2, 0.25) is 0 Å².